The Balaban J connectivity index is 1.73. The van der Waals surface area contributed by atoms with Crippen molar-refractivity contribution in [3.05, 3.63) is 58.6 Å². The van der Waals surface area contributed by atoms with Gasteiger partial charge in [-0.1, -0.05) is 29.8 Å². The molecule has 1 N–H and O–H groups in total. The van der Waals surface area contributed by atoms with E-state index in [1.54, 1.807) is 0 Å². The topological polar surface area (TPSA) is 21.3 Å². The van der Waals surface area contributed by atoms with E-state index in [2.05, 4.69) is 31.3 Å². The second-order valence-corrected chi connectivity index (χ2v) is 5.34. The zero-order chi connectivity index (χ0) is 14.4. The minimum Gasteiger partial charge on any atom is -0.494 e. The Labute approximate surface area is 125 Å². The fourth-order valence-corrected chi connectivity index (χ4v) is 2.15. The molecule has 20 heavy (non-hydrogen) atoms. The maximum atomic E-state index is 5.99. The van der Waals surface area contributed by atoms with Crippen LogP contribution in [0, 0.1) is 13.8 Å². The van der Waals surface area contributed by atoms with Crippen molar-refractivity contribution in [1.29, 1.82) is 0 Å². The van der Waals surface area contributed by atoms with Crippen molar-refractivity contribution in [3.63, 3.8) is 0 Å². The van der Waals surface area contributed by atoms with Crippen LogP contribution in [0.25, 0.3) is 0 Å². The van der Waals surface area contributed by atoms with Gasteiger partial charge in [0.1, 0.15) is 5.75 Å². The summed E-state index contributed by atoms with van der Waals surface area (Å²) in [7, 11) is 0. The zero-order valence-electron chi connectivity index (χ0n) is 11.9. The summed E-state index contributed by atoms with van der Waals surface area (Å²) in [5.41, 5.74) is 3.51. The Bertz CT molecular complexity index is 569. The van der Waals surface area contributed by atoms with Gasteiger partial charge in [0.05, 0.1) is 6.61 Å². The van der Waals surface area contributed by atoms with E-state index in [4.69, 9.17) is 16.3 Å². The van der Waals surface area contributed by atoms with Crippen molar-refractivity contribution >= 4 is 17.3 Å². The van der Waals surface area contributed by atoms with E-state index in [-0.39, 0.29) is 0 Å². The molecule has 0 unspecified atom stereocenters. The quantitative estimate of drug-likeness (QED) is 0.769. The Morgan fingerprint density at radius 3 is 2.75 bits per heavy atom. The number of ether oxygens (including phenoxy) is 1. The molecular weight excluding hydrogens is 270 g/mol. The molecule has 0 saturated heterocycles. The lowest BCUT2D eigenvalue weighted by molar-refractivity contribution is 0.315. The van der Waals surface area contributed by atoms with Crippen LogP contribution in [0.5, 0.6) is 5.75 Å². The molecule has 0 aliphatic rings. The minimum atomic E-state index is 0.704. The fourth-order valence-electron chi connectivity index (χ4n) is 1.98. The molecule has 0 fully saturated rings. The first-order valence-electron chi connectivity index (χ1n) is 6.84. The molecule has 0 heterocycles. The highest BCUT2D eigenvalue weighted by atomic mass is 35.5. The normalized spacial score (nSPS) is 10.3. The average Bonchev–Trinajstić information content (AvgIpc) is 2.42. The van der Waals surface area contributed by atoms with Gasteiger partial charge in [-0.2, -0.15) is 0 Å². The Morgan fingerprint density at radius 1 is 1.10 bits per heavy atom. The van der Waals surface area contributed by atoms with Crippen LogP contribution in [0.4, 0.5) is 5.69 Å². The summed E-state index contributed by atoms with van der Waals surface area (Å²) in [6, 6.07) is 14.0. The number of hydrogen-bond donors (Lipinski definition) is 1. The van der Waals surface area contributed by atoms with Gasteiger partial charge in [0, 0.05) is 17.3 Å². The SMILES string of the molecule is Cc1cccc(OCCCNc2cc(Cl)ccc2C)c1. The highest BCUT2D eigenvalue weighted by molar-refractivity contribution is 6.30. The van der Waals surface area contributed by atoms with Gasteiger partial charge in [-0.05, 0) is 55.7 Å². The van der Waals surface area contributed by atoms with Gasteiger partial charge in [0.25, 0.3) is 0 Å². The van der Waals surface area contributed by atoms with Gasteiger partial charge < -0.3 is 10.1 Å². The van der Waals surface area contributed by atoms with Gasteiger partial charge >= 0.3 is 0 Å². The molecule has 0 aliphatic heterocycles. The predicted octanol–water partition coefficient (Wildman–Crippen LogP) is 4.84. The van der Waals surface area contributed by atoms with Crippen molar-refractivity contribution in [3.8, 4) is 5.75 Å². The molecule has 2 rings (SSSR count). The van der Waals surface area contributed by atoms with Crippen LogP contribution < -0.4 is 10.1 Å². The van der Waals surface area contributed by atoms with Crippen LogP contribution in [0.3, 0.4) is 0 Å². The third-order valence-corrected chi connectivity index (χ3v) is 3.33. The third-order valence-electron chi connectivity index (χ3n) is 3.09. The monoisotopic (exact) mass is 289 g/mol. The number of hydrogen-bond acceptors (Lipinski definition) is 2. The molecule has 106 valence electrons. The Morgan fingerprint density at radius 2 is 1.95 bits per heavy atom. The van der Waals surface area contributed by atoms with Gasteiger partial charge in [0.15, 0.2) is 0 Å². The van der Waals surface area contributed by atoms with Crippen LogP contribution in [0.15, 0.2) is 42.5 Å². The molecule has 0 spiro atoms. The van der Waals surface area contributed by atoms with Gasteiger partial charge in [-0.3, -0.25) is 0 Å². The standard InChI is InChI=1S/C17H20ClNO/c1-13-5-3-6-16(11-13)20-10-4-9-19-17-12-15(18)8-7-14(17)2/h3,5-8,11-12,19H,4,9-10H2,1-2H3. The van der Waals surface area contributed by atoms with E-state index >= 15 is 0 Å². The van der Waals surface area contributed by atoms with E-state index in [1.165, 1.54) is 11.1 Å². The molecule has 3 heteroatoms. The number of benzene rings is 2. The van der Waals surface area contributed by atoms with Crippen LogP contribution in [0.2, 0.25) is 5.02 Å². The van der Waals surface area contributed by atoms with Crippen LogP contribution in [-0.4, -0.2) is 13.2 Å². The van der Waals surface area contributed by atoms with Crippen molar-refractivity contribution < 1.29 is 4.74 Å². The highest BCUT2D eigenvalue weighted by Crippen LogP contribution is 2.20. The maximum absolute atomic E-state index is 5.99. The van der Waals surface area contributed by atoms with Crippen molar-refractivity contribution in [2.24, 2.45) is 0 Å². The second-order valence-electron chi connectivity index (χ2n) is 4.90. The molecular formula is C17H20ClNO. The molecule has 0 bridgehead atoms. The molecule has 0 atom stereocenters. The van der Waals surface area contributed by atoms with Gasteiger partial charge in [0.2, 0.25) is 0 Å². The first kappa shape index (κ1) is 14.7. The van der Waals surface area contributed by atoms with E-state index < -0.39 is 0 Å². The third kappa shape index (κ3) is 4.46. The Hall–Kier alpha value is -1.67. The second kappa shape index (κ2) is 7.20. The van der Waals surface area contributed by atoms with E-state index in [0.29, 0.717) is 6.61 Å². The zero-order valence-corrected chi connectivity index (χ0v) is 12.7. The Kier molecular flexibility index (Phi) is 5.31. The lowest BCUT2D eigenvalue weighted by Crippen LogP contribution is -2.08. The molecule has 0 radical (unpaired) electrons. The van der Waals surface area contributed by atoms with Gasteiger partial charge in [-0.15, -0.1) is 0 Å². The summed E-state index contributed by atoms with van der Waals surface area (Å²) >= 11 is 5.99. The number of rotatable bonds is 6. The lowest BCUT2D eigenvalue weighted by Gasteiger charge is -2.11. The molecule has 0 aromatic heterocycles. The number of anilines is 1. The summed E-state index contributed by atoms with van der Waals surface area (Å²) in [6.45, 7) is 5.71. The molecule has 2 aromatic carbocycles. The first-order valence-corrected chi connectivity index (χ1v) is 7.22. The highest BCUT2D eigenvalue weighted by Gasteiger charge is 1.99. The summed E-state index contributed by atoms with van der Waals surface area (Å²) in [5.74, 6) is 0.934. The summed E-state index contributed by atoms with van der Waals surface area (Å²) in [6.07, 6.45) is 0.944. The van der Waals surface area contributed by atoms with Crippen LogP contribution in [-0.2, 0) is 0 Å². The minimum absolute atomic E-state index is 0.704. The van der Waals surface area contributed by atoms with Gasteiger partial charge in [-0.25, -0.2) is 0 Å². The largest absolute Gasteiger partial charge is 0.494 e. The molecule has 0 amide bonds. The van der Waals surface area contributed by atoms with Crippen molar-refractivity contribution in [2.45, 2.75) is 20.3 Å². The molecule has 0 saturated carbocycles. The lowest BCUT2D eigenvalue weighted by atomic mass is 10.2. The summed E-state index contributed by atoms with van der Waals surface area (Å²) in [5, 5.41) is 4.15. The number of aryl methyl sites for hydroxylation is 2. The smallest absolute Gasteiger partial charge is 0.119 e. The van der Waals surface area contributed by atoms with E-state index in [9.17, 15) is 0 Å². The van der Waals surface area contributed by atoms with E-state index in [0.717, 1.165) is 29.4 Å². The predicted molar refractivity (Wildman–Crippen MR) is 86.0 cm³/mol. The molecule has 0 aliphatic carbocycles. The fraction of sp³-hybridized carbons (Fsp3) is 0.294. The average molecular weight is 290 g/mol. The van der Waals surface area contributed by atoms with Crippen LogP contribution in [0.1, 0.15) is 17.5 Å². The van der Waals surface area contributed by atoms with E-state index in [1.807, 2.05) is 30.3 Å². The maximum Gasteiger partial charge on any atom is 0.119 e. The summed E-state index contributed by atoms with van der Waals surface area (Å²) in [4.78, 5) is 0. The van der Waals surface area contributed by atoms with Crippen molar-refractivity contribution in [2.75, 3.05) is 18.5 Å². The number of halogens is 1. The van der Waals surface area contributed by atoms with Crippen LogP contribution >= 0.6 is 11.6 Å². The summed E-state index contributed by atoms with van der Waals surface area (Å²) < 4.78 is 5.71. The molecule has 2 aromatic rings. The molecule has 2 nitrogen and oxygen atoms in total. The van der Waals surface area contributed by atoms with Crippen molar-refractivity contribution in [1.82, 2.24) is 0 Å². The number of nitrogens with one attached hydrogen (secondary N) is 1. The first-order chi connectivity index (χ1) is 9.65.